The molecule has 2 aromatic carbocycles. The van der Waals surface area contributed by atoms with Crippen LogP contribution in [0.5, 0.6) is 11.5 Å². The molecule has 1 fully saturated rings. The van der Waals surface area contributed by atoms with Gasteiger partial charge in [-0.05, 0) is 25.2 Å². The molecular weight excluding hydrogens is 373 g/mol. The van der Waals surface area contributed by atoms with Crippen LogP contribution in [0.15, 0.2) is 42.5 Å². The lowest BCUT2D eigenvalue weighted by Gasteiger charge is -2.36. The van der Waals surface area contributed by atoms with Crippen molar-refractivity contribution >= 4 is 11.6 Å². The molecular formula is C22H28FN3O3. The number of benzene rings is 2. The van der Waals surface area contributed by atoms with Gasteiger partial charge in [-0.2, -0.15) is 0 Å². The summed E-state index contributed by atoms with van der Waals surface area (Å²) in [4.78, 5) is 18.5. The molecule has 156 valence electrons. The number of carbonyl (C=O) groups excluding carboxylic acids is 1. The maximum absolute atomic E-state index is 14.0. The average Bonchev–Trinajstić information content (AvgIpc) is 2.74. The van der Waals surface area contributed by atoms with E-state index < -0.39 is 0 Å². The van der Waals surface area contributed by atoms with Crippen molar-refractivity contribution in [3.63, 3.8) is 0 Å². The fraction of sp³-hybridized carbons (Fsp3) is 0.409. The van der Waals surface area contributed by atoms with Gasteiger partial charge in [-0.1, -0.05) is 24.3 Å². The number of ether oxygens (including phenoxy) is 2. The van der Waals surface area contributed by atoms with E-state index in [1.165, 1.54) is 6.07 Å². The topological polar surface area (TPSA) is 45.2 Å². The highest BCUT2D eigenvalue weighted by atomic mass is 19.1. The van der Waals surface area contributed by atoms with Crippen molar-refractivity contribution < 1.29 is 18.7 Å². The van der Waals surface area contributed by atoms with Gasteiger partial charge >= 0.3 is 0 Å². The quantitative estimate of drug-likeness (QED) is 0.714. The second-order valence-corrected chi connectivity index (χ2v) is 7.14. The van der Waals surface area contributed by atoms with Crippen LogP contribution in [0, 0.1) is 5.82 Å². The van der Waals surface area contributed by atoms with Crippen LogP contribution in [-0.4, -0.2) is 69.7 Å². The summed E-state index contributed by atoms with van der Waals surface area (Å²) in [5.41, 5.74) is 1.56. The third-order valence-electron chi connectivity index (χ3n) is 5.16. The number of rotatable bonds is 7. The lowest BCUT2D eigenvalue weighted by Crippen LogP contribution is -2.51. The molecule has 1 amide bonds. The molecule has 0 aliphatic carbocycles. The summed E-state index contributed by atoms with van der Waals surface area (Å²) >= 11 is 0. The normalized spacial score (nSPS) is 14.2. The number of halogens is 1. The van der Waals surface area contributed by atoms with Crippen molar-refractivity contribution in [3.8, 4) is 11.5 Å². The molecule has 0 bridgehead atoms. The van der Waals surface area contributed by atoms with Crippen LogP contribution in [0.3, 0.4) is 0 Å². The van der Waals surface area contributed by atoms with E-state index in [2.05, 4.69) is 0 Å². The molecule has 0 aromatic heterocycles. The minimum absolute atomic E-state index is 0.0718. The van der Waals surface area contributed by atoms with Crippen LogP contribution < -0.4 is 14.4 Å². The van der Waals surface area contributed by atoms with Crippen LogP contribution >= 0.6 is 0 Å². The number of carbonyl (C=O) groups is 1. The summed E-state index contributed by atoms with van der Waals surface area (Å²) in [6.07, 6.45) is 0. The van der Waals surface area contributed by atoms with E-state index in [4.69, 9.17) is 9.47 Å². The van der Waals surface area contributed by atoms with Crippen LogP contribution in [0.1, 0.15) is 5.56 Å². The molecule has 0 spiro atoms. The minimum atomic E-state index is -0.223. The highest BCUT2D eigenvalue weighted by molar-refractivity contribution is 5.78. The van der Waals surface area contributed by atoms with Gasteiger partial charge in [-0.3, -0.25) is 9.69 Å². The van der Waals surface area contributed by atoms with Crippen molar-refractivity contribution in [2.45, 2.75) is 6.54 Å². The number of hydrogen-bond donors (Lipinski definition) is 0. The summed E-state index contributed by atoms with van der Waals surface area (Å²) < 4.78 is 24.8. The number of anilines is 1. The first-order valence-electron chi connectivity index (χ1n) is 9.69. The Bertz CT molecular complexity index is 838. The van der Waals surface area contributed by atoms with Crippen molar-refractivity contribution in [1.82, 2.24) is 9.80 Å². The van der Waals surface area contributed by atoms with Crippen molar-refractivity contribution in [1.29, 1.82) is 0 Å². The molecule has 1 saturated heterocycles. The van der Waals surface area contributed by atoms with Crippen LogP contribution in [0.25, 0.3) is 0 Å². The van der Waals surface area contributed by atoms with E-state index in [0.29, 0.717) is 56.5 Å². The van der Waals surface area contributed by atoms with E-state index in [0.717, 1.165) is 5.56 Å². The van der Waals surface area contributed by atoms with Gasteiger partial charge in [0.1, 0.15) is 5.82 Å². The molecule has 0 saturated carbocycles. The maximum atomic E-state index is 14.0. The lowest BCUT2D eigenvalue weighted by molar-refractivity contribution is -0.132. The zero-order valence-corrected chi connectivity index (χ0v) is 17.2. The number of amides is 1. The van der Waals surface area contributed by atoms with Crippen molar-refractivity contribution in [2.24, 2.45) is 0 Å². The molecule has 0 radical (unpaired) electrons. The summed E-state index contributed by atoms with van der Waals surface area (Å²) in [5, 5.41) is 0. The molecule has 1 heterocycles. The number of piperazine rings is 1. The Morgan fingerprint density at radius 1 is 1.03 bits per heavy atom. The number of para-hydroxylation sites is 2. The molecule has 2 aromatic rings. The largest absolute Gasteiger partial charge is 0.493 e. The number of likely N-dealkylation sites (N-methyl/N-ethyl adjacent to an activating group) is 1. The van der Waals surface area contributed by atoms with E-state index in [-0.39, 0.29) is 11.7 Å². The van der Waals surface area contributed by atoms with E-state index in [9.17, 15) is 9.18 Å². The van der Waals surface area contributed by atoms with E-state index in [1.54, 1.807) is 26.4 Å². The number of hydrogen-bond acceptors (Lipinski definition) is 5. The van der Waals surface area contributed by atoms with Gasteiger partial charge in [0, 0.05) is 38.3 Å². The number of methoxy groups -OCH3 is 2. The predicted octanol–water partition coefficient (Wildman–Crippen LogP) is 2.62. The van der Waals surface area contributed by atoms with E-state index >= 15 is 0 Å². The van der Waals surface area contributed by atoms with E-state index in [1.807, 2.05) is 46.0 Å². The standard InChI is InChI=1S/C22H28FN3O3/c1-24(15-17-7-6-10-20(28-2)22(17)29-3)16-21(27)26-13-11-25(12-14-26)19-9-5-4-8-18(19)23/h4-10H,11-16H2,1-3H3. The van der Waals surface area contributed by atoms with Crippen molar-refractivity contribution in [2.75, 3.05) is 58.9 Å². The molecule has 0 unspecified atom stereocenters. The fourth-order valence-electron chi connectivity index (χ4n) is 3.66. The zero-order chi connectivity index (χ0) is 20.8. The Hall–Kier alpha value is -2.80. The maximum Gasteiger partial charge on any atom is 0.236 e. The van der Waals surface area contributed by atoms with Gasteiger partial charge in [0.2, 0.25) is 5.91 Å². The predicted molar refractivity (Wildman–Crippen MR) is 111 cm³/mol. The number of nitrogens with zero attached hydrogens (tertiary/aromatic N) is 3. The van der Waals surface area contributed by atoms with Crippen LogP contribution in [0.4, 0.5) is 10.1 Å². The molecule has 0 N–H and O–H groups in total. The monoisotopic (exact) mass is 401 g/mol. The summed E-state index contributed by atoms with van der Waals surface area (Å²) in [5.74, 6) is 1.21. The molecule has 1 aliphatic rings. The first-order chi connectivity index (χ1) is 14.0. The van der Waals surface area contributed by atoms with Gasteiger partial charge in [0.05, 0.1) is 26.5 Å². The molecule has 6 nitrogen and oxygen atoms in total. The van der Waals surface area contributed by atoms with Gasteiger partial charge in [-0.25, -0.2) is 4.39 Å². The Morgan fingerprint density at radius 2 is 1.76 bits per heavy atom. The van der Waals surface area contributed by atoms with Crippen molar-refractivity contribution in [3.05, 3.63) is 53.8 Å². The average molecular weight is 401 g/mol. The van der Waals surface area contributed by atoms with Gasteiger partial charge in [0.25, 0.3) is 0 Å². The Labute approximate surface area is 171 Å². The highest BCUT2D eigenvalue weighted by Crippen LogP contribution is 2.31. The molecule has 29 heavy (non-hydrogen) atoms. The first kappa shape index (κ1) is 20.9. The van der Waals surface area contributed by atoms with Gasteiger partial charge < -0.3 is 19.3 Å². The second-order valence-electron chi connectivity index (χ2n) is 7.14. The Morgan fingerprint density at radius 3 is 2.41 bits per heavy atom. The molecule has 3 rings (SSSR count). The van der Waals surface area contributed by atoms with Gasteiger partial charge in [-0.15, -0.1) is 0 Å². The Kier molecular flexibility index (Phi) is 6.93. The highest BCUT2D eigenvalue weighted by Gasteiger charge is 2.23. The zero-order valence-electron chi connectivity index (χ0n) is 17.2. The van der Waals surface area contributed by atoms with Crippen LogP contribution in [0.2, 0.25) is 0 Å². The molecule has 0 atom stereocenters. The molecule has 1 aliphatic heterocycles. The Balaban J connectivity index is 1.54. The first-order valence-corrected chi connectivity index (χ1v) is 9.69. The lowest BCUT2D eigenvalue weighted by atomic mass is 10.1. The minimum Gasteiger partial charge on any atom is -0.493 e. The SMILES string of the molecule is COc1cccc(CN(C)CC(=O)N2CCN(c3ccccc3F)CC2)c1OC. The fourth-order valence-corrected chi connectivity index (χ4v) is 3.66. The summed E-state index contributed by atoms with van der Waals surface area (Å²) in [7, 11) is 5.13. The third-order valence-corrected chi connectivity index (χ3v) is 5.16. The van der Waals surface area contributed by atoms with Gasteiger partial charge in [0.15, 0.2) is 11.5 Å². The second kappa shape index (κ2) is 9.60. The third kappa shape index (κ3) is 4.98. The molecule has 7 heteroatoms. The smallest absolute Gasteiger partial charge is 0.236 e. The van der Waals surface area contributed by atoms with Crippen LogP contribution in [-0.2, 0) is 11.3 Å². The summed E-state index contributed by atoms with van der Waals surface area (Å²) in [6.45, 7) is 3.30. The summed E-state index contributed by atoms with van der Waals surface area (Å²) in [6, 6.07) is 12.5.